The smallest absolute Gasteiger partial charge is 0.0484 e. The van der Waals surface area contributed by atoms with Crippen LogP contribution >= 0.6 is 0 Å². The van der Waals surface area contributed by atoms with Gasteiger partial charge in [-0.2, -0.15) is 0 Å². The van der Waals surface area contributed by atoms with E-state index in [0.717, 1.165) is 6.54 Å². The van der Waals surface area contributed by atoms with Crippen molar-refractivity contribution in [2.45, 2.75) is 0 Å². The lowest BCUT2D eigenvalue weighted by Crippen LogP contribution is -2.25. The Morgan fingerprint density at radius 2 is 1.28 bits per heavy atom. The molecule has 1 heterocycles. The summed E-state index contributed by atoms with van der Waals surface area (Å²) in [6.45, 7) is 1.47. The Balaban J connectivity index is 2.20. The van der Waals surface area contributed by atoms with Gasteiger partial charge in [0, 0.05) is 24.5 Å². The number of nitrogens with zero attached hydrogens (tertiary/aromatic N) is 1. The number of nitrogens with two attached hydrogens (primary N) is 1. The molecule has 0 spiro atoms. The normalized spacial score (nSPS) is 12.8. The largest absolute Gasteiger partial charge is 0.339 e. The number of benzene rings is 2. The molecule has 0 aliphatic carbocycles. The minimum absolute atomic E-state index is 0.642. The van der Waals surface area contributed by atoms with Crippen molar-refractivity contribution >= 4 is 23.5 Å². The summed E-state index contributed by atoms with van der Waals surface area (Å²) in [4.78, 5) is 2.30. The molecule has 0 aromatic heterocycles. The van der Waals surface area contributed by atoms with Gasteiger partial charge in [-0.3, -0.25) is 0 Å². The highest BCUT2D eigenvalue weighted by Crippen LogP contribution is 2.35. The van der Waals surface area contributed by atoms with Crippen LogP contribution in [0.15, 0.2) is 48.5 Å². The number of fused-ring (bicyclic) bond motifs is 2. The van der Waals surface area contributed by atoms with Gasteiger partial charge in [0.2, 0.25) is 0 Å². The number of rotatable bonds is 2. The summed E-state index contributed by atoms with van der Waals surface area (Å²) in [7, 11) is 0. The molecule has 18 heavy (non-hydrogen) atoms. The zero-order valence-corrected chi connectivity index (χ0v) is 10.2. The summed E-state index contributed by atoms with van der Waals surface area (Å²) in [5.74, 6) is 0. The molecular formula is C16H16N2. The van der Waals surface area contributed by atoms with Crippen molar-refractivity contribution in [3.05, 3.63) is 59.7 Å². The predicted octanol–water partition coefficient (Wildman–Crippen LogP) is 3.27. The first-order valence-corrected chi connectivity index (χ1v) is 6.24. The van der Waals surface area contributed by atoms with E-state index in [1.165, 1.54) is 22.5 Å². The number of hydrogen-bond acceptors (Lipinski definition) is 2. The summed E-state index contributed by atoms with van der Waals surface area (Å²) >= 11 is 0. The van der Waals surface area contributed by atoms with E-state index in [4.69, 9.17) is 5.73 Å². The van der Waals surface area contributed by atoms with Gasteiger partial charge < -0.3 is 10.6 Å². The van der Waals surface area contributed by atoms with Crippen molar-refractivity contribution in [3.8, 4) is 0 Å². The van der Waals surface area contributed by atoms with Crippen LogP contribution in [-0.2, 0) is 0 Å². The van der Waals surface area contributed by atoms with E-state index >= 15 is 0 Å². The Bertz CT molecular complexity index is 538. The van der Waals surface area contributed by atoms with Gasteiger partial charge in [-0.25, -0.2) is 0 Å². The molecule has 2 aromatic carbocycles. The van der Waals surface area contributed by atoms with E-state index in [1.807, 2.05) is 0 Å². The molecule has 2 aromatic rings. The van der Waals surface area contributed by atoms with Crippen molar-refractivity contribution in [2.24, 2.45) is 5.73 Å². The first-order chi connectivity index (χ1) is 8.90. The number of para-hydroxylation sites is 2. The summed E-state index contributed by atoms with van der Waals surface area (Å²) in [6, 6.07) is 16.9. The molecule has 90 valence electrons. The average molecular weight is 236 g/mol. The molecule has 1 aliphatic rings. The number of hydrogen-bond donors (Lipinski definition) is 1. The fourth-order valence-corrected chi connectivity index (χ4v) is 2.43. The van der Waals surface area contributed by atoms with E-state index in [1.54, 1.807) is 0 Å². The van der Waals surface area contributed by atoms with Crippen LogP contribution in [0.4, 0.5) is 11.4 Å². The lowest BCUT2D eigenvalue weighted by Gasteiger charge is -2.26. The Labute approximate surface area is 107 Å². The molecule has 1 aliphatic heterocycles. The second-order valence-electron chi connectivity index (χ2n) is 4.39. The quantitative estimate of drug-likeness (QED) is 0.867. The molecule has 0 saturated heterocycles. The molecule has 0 atom stereocenters. The summed E-state index contributed by atoms with van der Waals surface area (Å²) in [6.07, 6.45) is 4.34. The molecule has 0 radical (unpaired) electrons. The van der Waals surface area contributed by atoms with Crippen LogP contribution in [0.5, 0.6) is 0 Å². The minimum atomic E-state index is 0.642. The average Bonchev–Trinajstić information content (AvgIpc) is 2.58. The zero-order valence-electron chi connectivity index (χ0n) is 10.2. The molecular weight excluding hydrogens is 220 g/mol. The van der Waals surface area contributed by atoms with Crippen LogP contribution in [0.3, 0.4) is 0 Å². The zero-order chi connectivity index (χ0) is 12.4. The van der Waals surface area contributed by atoms with Gasteiger partial charge in [0.15, 0.2) is 0 Å². The van der Waals surface area contributed by atoms with E-state index in [2.05, 4.69) is 65.6 Å². The maximum Gasteiger partial charge on any atom is 0.0484 e. The Morgan fingerprint density at radius 3 is 1.78 bits per heavy atom. The van der Waals surface area contributed by atoms with Crippen LogP contribution < -0.4 is 10.6 Å². The molecule has 2 N–H and O–H groups in total. The Morgan fingerprint density at radius 1 is 0.778 bits per heavy atom. The third-order valence-electron chi connectivity index (χ3n) is 3.25. The molecule has 0 unspecified atom stereocenters. The van der Waals surface area contributed by atoms with Crippen LogP contribution in [0.1, 0.15) is 11.1 Å². The third kappa shape index (κ3) is 1.81. The van der Waals surface area contributed by atoms with Crippen molar-refractivity contribution in [3.63, 3.8) is 0 Å². The van der Waals surface area contributed by atoms with Crippen LogP contribution in [0.25, 0.3) is 12.2 Å². The minimum Gasteiger partial charge on any atom is -0.339 e. The highest BCUT2D eigenvalue weighted by molar-refractivity contribution is 5.88. The van der Waals surface area contributed by atoms with Crippen LogP contribution in [0, 0.1) is 0 Å². The fourth-order valence-electron chi connectivity index (χ4n) is 2.43. The first-order valence-electron chi connectivity index (χ1n) is 6.24. The van der Waals surface area contributed by atoms with Gasteiger partial charge in [-0.1, -0.05) is 48.6 Å². The lowest BCUT2D eigenvalue weighted by atomic mass is 10.1. The van der Waals surface area contributed by atoms with Crippen molar-refractivity contribution in [2.75, 3.05) is 18.0 Å². The molecule has 0 amide bonds. The lowest BCUT2D eigenvalue weighted by molar-refractivity contribution is 0.921. The number of anilines is 2. The van der Waals surface area contributed by atoms with Gasteiger partial charge in [0.05, 0.1) is 0 Å². The van der Waals surface area contributed by atoms with Crippen LogP contribution in [0.2, 0.25) is 0 Å². The second-order valence-corrected chi connectivity index (χ2v) is 4.39. The Hall–Kier alpha value is -2.06. The molecule has 0 saturated carbocycles. The van der Waals surface area contributed by atoms with Crippen LogP contribution in [-0.4, -0.2) is 13.1 Å². The maximum atomic E-state index is 5.76. The summed E-state index contributed by atoms with van der Waals surface area (Å²) in [5.41, 5.74) is 10.7. The SMILES string of the molecule is NCCN1c2ccccc2C=Cc2ccccc21. The van der Waals surface area contributed by atoms with E-state index in [0.29, 0.717) is 6.54 Å². The molecule has 2 nitrogen and oxygen atoms in total. The first kappa shape index (κ1) is 11.1. The maximum absolute atomic E-state index is 5.76. The summed E-state index contributed by atoms with van der Waals surface area (Å²) in [5, 5.41) is 0. The van der Waals surface area contributed by atoms with Gasteiger partial charge in [-0.15, -0.1) is 0 Å². The highest BCUT2D eigenvalue weighted by Gasteiger charge is 2.16. The Kier molecular flexibility index (Phi) is 2.87. The van der Waals surface area contributed by atoms with E-state index < -0.39 is 0 Å². The third-order valence-corrected chi connectivity index (χ3v) is 3.25. The fraction of sp³-hybridized carbons (Fsp3) is 0.125. The molecule has 2 heteroatoms. The van der Waals surface area contributed by atoms with Gasteiger partial charge in [-0.05, 0) is 23.3 Å². The second kappa shape index (κ2) is 4.67. The van der Waals surface area contributed by atoms with Crippen molar-refractivity contribution in [1.29, 1.82) is 0 Å². The van der Waals surface area contributed by atoms with Gasteiger partial charge in [0.1, 0.15) is 0 Å². The molecule has 3 rings (SSSR count). The predicted molar refractivity (Wildman–Crippen MR) is 77.9 cm³/mol. The molecule has 0 bridgehead atoms. The topological polar surface area (TPSA) is 29.3 Å². The van der Waals surface area contributed by atoms with Gasteiger partial charge in [0.25, 0.3) is 0 Å². The molecule has 0 fully saturated rings. The van der Waals surface area contributed by atoms with Crippen molar-refractivity contribution in [1.82, 2.24) is 0 Å². The van der Waals surface area contributed by atoms with Crippen molar-refractivity contribution < 1.29 is 0 Å². The van der Waals surface area contributed by atoms with Gasteiger partial charge >= 0.3 is 0 Å². The monoisotopic (exact) mass is 236 g/mol. The summed E-state index contributed by atoms with van der Waals surface area (Å²) < 4.78 is 0. The van der Waals surface area contributed by atoms with E-state index in [-0.39, 0.29) is 0 Å². The standard InChI is InChI=1S/C16H16N2/c17-11-12-18-15-7-3-1-5-13(15)9-10-14-6-2-4-8-16(14)18/h1-10H,11-12,17H2. The highest BCUT2D eigenvalue weighted by atomic mass is 15.1. The van der Waals surface area contributed by atoms with E-state index in [9.17, 15) is 0 Å².